The van der Waals surface area contributed by atoms with Gasteiger partial charge in [-0.3, -0.25) is 9.69 Å². The van der Waals surface area contributed by atoms with Crippen LogP contribution in [-0.2, 0) is 4.79 Å². The molecule has 0 saturated carbocycles. The van der Waals surface area contributed by atoms with Crippen LogP contribution in [0.1, 0.15) is 33.1 Å². The molecule has 0 aromatic rings. The van der Waals surface area contributed by atoms with Crippen LogP contribution in [0.15, 0.2) is 0 Å². The van der Waals surface area contributed by atoms with Gasteiger partial charge < -0.3 is 10.6 Å². The smallest absolute Gasteiger partial charge is 0.234 e. The molecule has 2 N–H and O–H groups in total. The summed E-state index contributed by atoms with van der Waals surface area (Å²) in [6.07, 6.45) is 3.61. The van der Waals surface area contributed by atoms with E-state index in [0.29, 0.717) is 6.54 Å². The number of amides is 1. The highest BCUT2D eigenvalue weighted by atomic mass is 16.2. The van der Waals surface area contributed by atoms with Gasteiger partial charge >= 0.3 is 0 Å². The van der Waals surface area contributed by atoms with Crippen molar-refractivity contribution in [3.8, 4) is 0 Å². The molecule has 0 bridgehead atoms. The molecule has 0 unspecified atom stereocenters. The van der Waals surface area contributed by atoms with Gasteiger partial charge in [-0.25, -0.2) is 0 Å². The molecule has 1 fully saturated rings. The van der Waals surface area contributed by atoms with Gasteiger partial charge in [-0.15, -0.1) is 0 Å². The maximum Gasteiger partial charge on any atom is 0.234 e. The van der Waals surface area contributed by atoms with Crippen LogP contribution in [0.25, 0.3) is 0 Å². The van der Waals surface area contributed by atoms with Gasteiger partial charge in [-0.05, 0) is 51.7 Å². The second-order valence-corrected chi connectivity index (χ2v) is 4.88. The molecule has 1 rings (SSSR count). The fourth-order valence-corrected chi connectivity index (χ4v) is 2.44. The van der Waals surface area contributed by atoms with Crippen molar-refractivity contribution in [3.63, 3.8) is 0 Å². The summed E-state index contributed by atoms with van der Waals surface area (Å²) in [4.78, 5) is 13.9. The highest BCUT2D eigenvalue weighted by Crippen LogP contribution is 2.13. The molecule has 0 spiro atoms. The van der Waals surface area contributed by atoms with Gasteiger partial charge in [0.15, 0.2) is 0 Å². The van der Waals surface area contributed by atoms with Gasteiger partial charge in [-0.2, -0.15) is 0 Å². The predicted octanol–water partition coefficient (Wildman–Crippen LogP) is 0.834. The number of hydrogen-bond donors (Lipinski definition) is 2. The quantitative estimate of drug-likeness (QED) is 0.694. The minimum absolute atomic E-state index is 0.162. The van der Waals surface area contributed by atoms with Crippen molar-refractivity contribution in [2.24, 2.45) is 5.92 Å². The minimum Gasteiger partial charge on any atom is -0.355 e. The summed E-state index contributed by atoms with van der Waals surface area (Å²) in [5.74, 6) is 0.923. The van der Waals surface area contributed by atoms with Crippen molar-refractivity contribution >= 4 is 5.91 Å². The number of carbonyl (C=O) groups excluding carboxylic acids is 1. The fourth-order valence-electron chi connectivity index (χ4n) is 2.44. The molecule has 4 heteroatoms. The Morgan fingerprint density at radius 2 is 2.06 bits per heavy atom. The topological polar surface area (TPSA) is 44.4 Å². The minimum atomic E-state index is 0.162. The molecule has 1 aliphatic heterocycles. The van der Waals surface area contributed by atoms with E-state index >= 15 is 0 Å². The van der Waals surface area contributed by atoms with Crippen molar-refractivity contribution in [2.45, 2.75) is 33.1 Å². The van der Waals surface area contributed by atoms with Crippen LogP contribution >= 0.6 is 0 Å². The molecule has 1 heterocycles. The Morgan fingerprint density at radius 3 is 2.65 bits per heavy atom. The number of likely N-dealkylation sites (N-methyl/N-ethyl adjacent to an activating group) is 1. The Bertz CT molecular complexity index is 215. The average Bonchev–Trinajstić information content (AvgIpc) is 2.31. The molecular weight excluding hydrogens is 214 g/mol. The van der Waals surface area contributed by atoms with Gasteiger partial charge in [0, 0.05) is 13.1 Å². The third-order valence-electron chi connectivity index (χ3n) is 3.26. The Hall–Kier alpha value is -0.610. The Balaban J connectivity index is 2.32. The summed E-state index contributed by atoms with van der Waals surface area (Å²) < 4.78 is 0. The average molecular weight is 241 g/mol. The van der Waals surface area contributed by atoms with Crippen molar-refractivity contribution in [1.29, 1.82) is 0 Å². The van der Waals surface area contributed by atoms with Gasteiger partial charge in [-0.1, -0.05) is 6.92 Å². The van der Waals surface area contributed by atoms with E-state index in [1.807, 2.05) is 6.92 Å². The molecule has 0 aliphatic carbocycles. The largest absolute Gasteiger partial charge is 0.355 e. The van der Waals surface area contributed by atoms with Gasteiger partial charge in [0.2, 0.25) is 5.91 Å². The third-order valence-corrected chi connectivity index (χ3v) is 3.26. The van der Waals surface area contributed by atoms with Crippen molar-refractivity contribution in [3.05, 3.63) is 0 Å². The van der Waals surface area contributed by atoms with E-state index in [1.165, 1.54) is 12.8 Å². The molecule has 4 nitrogen and oxygen atoms in total. The normalized spacial score (nSPS) is 17.4. The lowest BCUT2D eigenvalue weighted by Crippen LogP contribution is -2.42. The molecule has 0 aromatic carbocycles. The number of piperidine rings is 1. The van der Waals surface area contributed by atoms with Crippen molar-refractivity contribution in [2.75, 3.05) is 39.3 Å². The standard InChI is InChI=1S/C13H27N3O/c1-3-9-16(11-13(17)15-4-2)10-12-5-7-14-8-6-12/h12,14H,3-11H2,1-2H3,(H,15,17). The van der Waals surface area contributed by atoms with E-state index in [1.54, 1.807) is 0 Å². The zero-order valence-corrected chi connectivity index (χ0v) is 11.3. The summed E-state index contributed by atoms with van der Waals surface area (Å²) in [6.45, 7) is 9.80. The first-order chi connectivity index (χ1) is 8.26. The van der Waals surface area contributed by atoms with E-state index in [9.17, 15) is 4.79 Å². The van der Waals surface area contributed by atoms with Gasteiger partial charge in [0.1, 0.15) is 0 Å². The molecule has 1 saturated heterocycles. The number of carbonyl (C=O) groups is 1. The second-order valence-electron chi connectivity index (χ2n) is 4.88. The SMILES string of the molecule is CCCN(CC(=O)NCC)CC1CCNCC1. The molecule has 17 heavy (non-hydrogen) atoms. The Labute approximate surface area is 105 Å². The molecule has 1 amide bonds. The number of hydrogen-bond acceptors (Lipinski definition) is 3. The lowest BCUT2D eigenvalue weighted by atomic mass is 9.97. The van der Waals surface area contributed by atoms with Crippen LogP contribution in [0.5, 0.6) is 0 Å². The van der Waals surface area contributed by atoms with Crippen LogP contribution in [-0.4, -0.2) is 50.1 Å². The summed E-state index contributed by atoms with van der Waals surface area (Å²) in [6, 6.07) is 0. The Kier molecular flexibility index (Phi) is 7.21. The van der Waals surface area contributed by atoms with E-state index in [0.717, 1.165) is 45.1 Å². The number of nitrogens with one attached hydrogen (secondary N) is 2. The predicted molar refractivity (Wildman–Crippen MR) is 71.0 cm³/mol. The summed E-state index contributed by atoms with van der Waals surface area (Å²) in [5.41, 5.74) is 0. The van der Waals surface area contributed by atoms with Crippen LogP contribution < -0.4 is 10.6 Å². The van der Waals surface area contributed by atoms with Crippen LogP contribution in [0.4, 0.5) is 0 Å². The molecule has 0 atom stereocenters. The van der Waals surface area contributed by atoms with Crippen LogP contribution in [0.2, 0.25) is 0 Å². The first kappa shape index (κ1) is 14.5. The first-order valence-electron chi connectivity index (χ1n) is 6.96. The summed E-state index contributed by atoms with van der Waals surface area (Å²) in [7, 11) is 0. The zero-order valence-electron chi connectivity index (χ0n) is 11.3. The molecule has 100 valence electrons. The monoisotopic (exact) mass is 241 g/mol. The van der Waals surface area contributed by atoms with Crippen molar-refractivity contribution < 1.29 is 4.79 Å². The van der Waals surface area contributed by atoms with E-state index in [2.05, 4.69) is 22.5 Å². The summed E-state index contributed by atoms with van der Waals surface area (Å²) in [5, 5.41) is 6.26. The molecule has 1 aliphatic rings. The van der Waals surface area contributed by atoms with E-state index in [4.69, 9.17) is 0 Å². The molecule has 0 aromatic heterocycles. The van der Waals surface area contributed by atoms with E-state index in [-0.39, 0.29) is 5.91 Å². The highest BCUT2D eigenvalue weighted by Gasteiger charge is 2.18. The van der Waals surface area contributed by atoms with Gasteiger partial charge in [0.05, 0.1) is 6.54 Å². The third kappa shape index (κ3) is 6.03. The zero-order chi connectivity index (χ0) is 12.5. The lowest BCUT2D eigenvalue weighted by Gasteiger charge is -2.29. The Morgan fingerprint density at radius 1 is 1.35 bits per heavy atom. The number of rotatable bonds is 7. The summed E-state index contributed by atoms with van der Waals surface area (Å²) >= 11 is 0. The maximum absolute atomic E-state index is 11.6. The van der Waals surface area contributed by atoms with Crippen LogP contribution in [0.3, 0.4) is 0 Å². The molecular formula is C13H27N3O. The van der Waals surface area contributed by atoms with E-state index < -0.39 is 0 Å². The number of nitrogens with zero attached hydrogens (tertiary/aromatic N) is 1. The van der Waals surface area contributed by atoms with Gasteiger partial charge in [0.25, 0.3) is 0 Å². The lowest BCUT2D eigenvalue weighted by molar-refractivity contribution is -0.122. The molecule has 0 radical (unpaired) electrons. The second kappa shape index (κ2) is 8.48. The van der Waals surface area contributed by atoms with Crippen molar-refractivity contribution in [1.82, 2.24) is 15.5 Å². The maximum atomic E-state index is 11.6. The fraction of sp³-hybridized carbons (Fsp3) is 0.923. The van der Waals surface area contributed by atoms with Crippen LogP contribution in [0, 0.1) is 5.92 Å². The highest BCUT2D eigenvalue weighted by molar-refractivity contribution is 5.77. The first-order valence-corrected chi connectivity index (χ1v) is 6.96.